The Labute approximate surface area is 194 Å². The van der Waals surface area contributed by atoms with E-state index in [-0.39, 0.29) is 12.3 Å². The van der Waals surface area contributed by atoms with E-state index in [0.717, 1.165) is 52.9 Å². The summed E-state index contributed by atoms with van der Waals surface area (Å²) in [5.41, 5.74) is 2.59. The number of thiazole rings is 1. The maximum Gasteiger partial charge on any atom is 0.224 e. The van der Waals surface area contributed by atoms with Crippen molar-refractivity contribution in [1.29, 1.82) is 0 Å². The summed E-state index contributed by atoms with van der Waals surface area (Å²) in [4.78, 5) is 23.7. The molecule has 1 fully saturated rings. The number of anilines is 2. The number of benzene rings is 2. The lowest BCUT2D eigenvalue weighted by Crippen LogP contribution is -2.36. The van der Waals surface area contributed by atoms with Gasteiger partial charge in [-0.15, -0.1) is 0 Å². The van der Waals surface area contributed by atoms with Gasteiger partial charge < -0.3 is 19.4 Å². The number of aromatic nitrogens is 2. The Morgan fingerprint density at radius 2 is 1.97 bits per heavy atom. The first kappa shape index (κ1) is 20.9. The van der Waals surface area contributed by atoms with E-state index in [4.69, 9.17) is 25.7 Å². The van der Waals surface area contributed by atoms with Crippen molar-refractivity contribution in [3.05, 3.63) is 59.6 Å². The summed E-state index contributed by atoms with van der Waals surface area (Å²) in [6, 6.07) is 13.1. The molecule has 1 aliphatic rings. The Balaban J connectivity index is 1.19. The van der Waals surface area contributed by atoms with Crippen LogP contribution in [0.1, 0.15) is 12.3 Å². The highest BCUT2D eigenvalue weighted by Crippen LogP contribution is 2.31. The fraction of sp³-hybridized carbons (Fsp3) is 0.261. The predicted molar refractivity (Wildman–Crippen MR) is 127 cm³/mol. The van der Waals surface area contributed by atoms with Gasteiger partial charge in [-0.2, -0.15) is 0 Å². The highest BCUT2D eigenvalue weighted by molar-refractivity contribution is 7.22. The minimum atomic E-state index is -0.0893. The summed E-state index contributed by atoms with van der Waals surface area (Å²) in [6.07, 6.45) is 2.37. The normalized spacial score (nSPS) is 14.1. The van der Waals surface area contributed by atoms with Gasteiger partial charge in [0.05, 0.1) is 29.6 Å². The van der Waals surface area contributed by atoms with Crippen molar-refractivity contribution < 1.29 is 13.9 Å². The highest BCUT2D eigenvalue weighted by atomic mass is 35.5. The van der Waals surface area contributed by atoms with E-state index in [9.17, 15) is 4.79 Å². The van der Waals surface area contributed by atoms with Crippen molar-refractivity contribution in [2.24, 2.45) is 0 Å². The molecule has 2 aromatic heterocycles. The third-order valence-corrected chi connectivity index (χ3v) is 6.52. The van der Waals surface area contributed by atoms with Crippen LogP contribution in [0.4, 0.5) is 10.8 Å². The molecular weight excluding hydrogens is 448 g/mol. The lowest BCUT2D eigenvalue weighted by molar-refractivity contribution is -0.116. The Hall–Kier alpha value is -2.94. The lowest BCUT2D eigenvalue weighted by Gasteiger charge is -2.25. The van der Waals surface area contributed by atoms with Crippen LogP contribution in [0.3, 0.4) is 0 Å². The summed E-state index contributed by atoms with van der Waals surface area (Å²) in [5.74, 6) is 1.09. The number of nitrogens with one attached hydrogen (secondary N) is 1. The number of carbonyl (C=O) groups excluding carboxylic acids is 1. The monoisotopic (exact) mass is 468 g/mol. The number of rotatable bonds is 6. The van der Waals surface area contributed by atoms with Gasteiger partial charge in [-0.25, -0.2) is 9.97 Å². The van der Waals surface area contributed by atoms with E-state index in [1.165, 1.54) is 0 Å². The molecule has 0 aliphatic carbocycles. The van der Waals surface area contributed by atoms with E-state index in [2.05, 4.69) is 15.2 Å². The second-order valence-corrected chi connectivity index (χ2v) is 8.90. The SMILES string of the molecule is O=C(CCc1ncc(-c2ccc(Cl)cc2)o1)Nc1ccc2nc(N3CCOCC3)sc2c1. The molecular formula is C23H21ClN4O3S. The number of morpholine rings is 1. The molecule has 0 unspecified atom stereocenters. The number of fused-ring (bicyclic) bond motifs is 1. The highest BCUT2D eigenvalue weighted by Gasteiger charge is 2.16. The van der Waals surface area contributed by atoms with Crippen molar-refractivity contribution in [2.75, 3.05) is 36.5 Å². The third kappa shape index (κ3) is 4.77. The number of halogens is 1. The molecule has 2 aromatic carbocycles. The molecule has 32 heavy (non-hydrogen) atoms. The zero-order valence-electron chi connectivity index (χ0n) is 17.2. The topological polar surface area (TPSA) is 80.5 Å². The number of nitrogens with zero attached hydrogens (tertiary/aromatic N) is 3. The fourth-order valence-electron chi connectivity index (χ4n) is 3.50. The zero-order chi connectivity index (χ0) is 21.9. The zero-order valence-corrected chi connectivity index (χ0v) is 18.8. The van der Waals surface area contributed by atoms with Gasteiger partial charge in [0.2, 0.25) is 5.91 Å². The summed E-state index contributed by atoms with van der Waals surface area (Å²) < 4.78 is 12.2. The van der Waals surface area contributed by atoms with E-state index in [1.807, 2.05) is 30.3 Å². The molecule has 0 atom stereocenters. The van der Waals surface area contributed by atoms with Gasteiger partial charge in [-0.1, -0.05) is 22.9 Å². The Morgan fingerprint density at radius 1 is 1.16 bits per heavy atom. The summed E-state index contributed by atoms with van der Waals surface area (Å²) in [7, 11) is 0. The first-order chi connectivity index (χ1) is 15.6. The van der Waals surface area contributed by atoms with Gasteiger partial charge in [0.25, 0.3) is 0 Å². The van der Waals surface area contributed by atoms with Crippen LogP contribution in [0, 0.1) is 0 Å². The van der Waals surface area contributed by atoms with Crippen LogP contribution in [0.5, 0.6) is 0 Å². The van der Waals surface area contributed by atoms with Gasteiger partial charge >= 0.3 is 0 Å². The Bertz CT molecular complexity index is 1230. The predicted octanol–water partition coefficient (Wildman–Crippen LogP) is 5.01. The number of hydrogen-bond acceptors (Lipinski definition) is 7. The second-order valence-electron chi connectivity index (χ2n) is 7.45. The number of oxazole rings is 1. The van der Waals surface area contributed by atoms with Gasteiger partial charge in [-0.05, 0) is 42.5 Å². The van der Waals surface area contributed by atoms with Crippen LogP contribution in [0.15, 0.2) is 53.1 Å². The van der Waals surface area contributed by atoms with Gasteiger partial charge in [-0.3, -0.25) is 4.79 Å². The van der Waals surface area contributed by atoms with Crippen LogP contribution < -0.4 is 10.2 Å². The summed E-state index contributed by atoms with van der Waals surface area (Å²) >= 11 is 7.56. The van der Waals surface area contributed by atoms with Crippen LogP contribution in [0.2, 0.25) is 5.02 Å². The standard InChI is InChI=1S/C23H21ClN4O3S/c24-16-3-1-15(2-4-16)19-14-25-22(31-19)8-7-21(29)26-17-5-6-18-20(13-17)32-23(27-18)28-9-11-30-12-10-28/h1-6,13-14H,7-12H2,(H,26,29). The van der Waals surface area contributed by atoms with Gasteiger partial charge in [0, 0.05) is 42.2 Å². The van der Waals surface area contributed by atoms with Crippen molar-refractivity contribution in [2.45, 2.75) is 12.8 Å². The molecule has 1 amide bonds. The van der Waals surface area contributed by atoms with Gasteiger partial charge in [0.15, 0.2) is 16.8 Å². The largest absolute Gasteiger partial charge is 0.441 e. The third-order valence-electron chi connectivity index (χ3n) is 5.19. The van der Waals surface area contributed by atoms with Crippen molar-refractivity contribution >= 4 is 49.9 Å². The first-order valence-electron chi connectivity index (χ1n) is 10.4. The first-order valence-corrected chi connectivity index (χ1v) is 11.6. The van der Waals surface area contributed by atoms with Crippen molar-refractivity contribution in [1.82, 2.24) is 9.97 Å². The maximum absolute atomic E-state index is 12.5. The minimum Gasteiger partial charge on any atom is -0.441 e. The molecule has 1 N–H and O–H groups in total. The summed E-state index contributed by atoms with van der Waals surface area (Å²) in [6.45, 7) is 3.15. The van der Waals surface area contributed by atoms with E-state index in [1.54, 1.807) is 29.7 Å². The molecule has 9 heteroatoms. The number of amides is 1. The molecule has 164 valence electrons. The lowest BCUT2D eigenvalue weighted by atomic mass is 10.2. The van der Waals surface area contributed by atoms with E-state index < -0.39 is 0 Å². The molecule has 0 radical (unpaired) electrons. The number of hydrogen-bond donors (Lipinski definition) is 1. The molecule has 0 saturated carbocycles. The molecule has 7 nitrogen and oxygen atoms in total. The number of aryl methyl sites for hydroxylation is 1. The van der Waals surface area contributed by atoms with E-state index in [0.29, 0.717) is 23.1 Å². The fourth-order valence-corrected chi connectivity index (χ4v) is 4.68. The smallest absolute Gasteiger partial charge is 0.224 e. The Kier molecular flexibility index (Phi) is 6.07. The molecule has 0 spiro atoms. The Morgan fingerprint density at radius 3 is 2.78 bits per heavy atom. The van der Waals surface area contributed by atoms with E-state index >= 15 is 0 Å². The van der Waals surface area contributed by atoms with Crippen LogP contribution >= 0.6 is 22.9 Å². The number of carbonyl (C=O) groups is 1. The molecule has 5 rings (SSSR count). The molecule has 4 aromatic rings. The number of ether oxygens (including phenoxy) is 1. The molecule has 1 saturated heterocycles. The van der Waals surface area contributed by atoms with Gasteiger partial charge in [0.1, 0.15) is 0 Å². The quantitative estimate of drug-likeness (QED) is 0.428. The van der Waals surface area contributed by atoms with Crippen LogP contribution in [-0.4, -0.2) is 42.2 Å². The van der Waals surface area contributed by atoms with Crippen molar-refractivity contribution in [3.63, 3.8) is 0 Å². The average Bonchev–Trinajstić information content (AvgIpc) is 3.46. The molecule has 3 heterocycles. The second kappa shape index (κ2) is 9.28. The maximum atomic E-state index is 12.5. The van der Waals surface area contributed by atoms with Crippen molar-refractivity contribution in [3.8, 4) is 11.3 Å². The van der Waals surface area contributed by atoms with Crippen LogP contribution in [-0.2, 0) is 16.0 Å². The molecule has 1 aliphatic heterocycles. The summed E-state index contributed by atoms with van der Waals surface area (Å²) in [5, 5.41) is 4.62. The van der Waals surface area contributed by atoms with Crippen LogP contribution in [0.25, 0.3) is 21.5 Å². The average molecular weight is 469 g/mol. The minimum absolute atomic E-state index is 0.0893. The molecule has 0 bridgehead atoms.